The Morgan fingerprint density at radius 1 is 0.314 bits per heavy atom. The molecule has 0 aliphatic heterocycles. The van der Waals surface area contributed by atoms with Gasteiger partial charge in [0.15, 0.2) is 0 Å². The molecule has 0 aliphatic rings. The van der Waals surface area contributed by atoms with Crippen LogP contribution in [-0.4, -0.2) is 93.6 Å². The van der Waals surface area contributed by atoms with E-state index >= 15 is 0 Å². The van der Waals surface area contributed by atoms with Crippen molar-refractivity contribution in [2.45, 2.75) is 292 Å². The number of hydrogen-bond donors (Lipinski definition) is 0. The molecule has 0 aromatic heterocycles. The number of hydrogen-bond acceptors (Lipinski definition) is 9. The summed E-state index contributed by atoms with van der Waals surface area (Å²) in [4.78, 5) is 44.0. The molecule has 9 nitrogen and oxygen atoms in total. The van der Waals surface area contributed by atoms with Gasteiger partial charge < -0.3 is 23.8 Å². The van der Waals surface area contributed by atoms with E-state index in [1.165, 1.54) is 128 Å². The summed E-state index contributed by atoms with van der Waals surface area (Å²) in [6.45, 7) is 23.0. The first kappa shape index (κ1) is 68.1. The summed E-state index contributed by atoms with van der Waals surface area (Å²) in [5.41, 5.74) is 0. The Labute approximate surface area is 435 Å². The topological polar surface area (TPSA) is 94.6 Å². The number of carbonyl (C=O) groups is 3. The van der Waals surface area contributed by atoms with Crippen LogP contribution in [0.1, 0.15) is 292 Å². The van der Waals surface area contributed by atoms with Crippen LogP contribution in [0.25, 0.3) is 0 Å². The number of carbonyl (C=O) groups excluding carboxylic acids is 3. The van der Waals surface area contributed by atoms with Crippen LogP contribution in [0.2, 0.25) is 0 Å². The van der Waals surface area contributed by atoms with Crippen LogP contribution >= 0.6 is 0 Å². The van der Waals surface area contributed by atoms with Crippen molar-refractivity contribution < 1.29 is 33.3 Å². The highest BCUT2D eigenvalue weighted by Gasteiger charge is 2.21. The highest BCUT2D eigenvalue weighted by molar-refractivity contribution is 5.72. The normalized spacial score (nSPS) is 11.8. The lowest BCUT2D eigenvalue weighted by Gasteiger charge is -2.25. The predicted molar refractivity (Wildman–Crippen MR) is 298 cm³/mol. The second-order valence-corrected chi connectivity index (χ2v) is 21.1. The highest BCUT2D eigenvalue weighted by atomic mass is 16.7. The second-order valence-electron chi connectivity index (χ2n) is 21.1. The zero-order valence-corrected chi connectivity index (χ0v) is 47.9. The molecule has 0 heterocycles. The third-order valence-corrected chi connectivity index (χ3v) is 14.9. The summed E-state index contributed by atoms with van der Waals surface area (Å²) in [7, 11) is 0. The summed E-state index contributed by atoms with van der Waals surface area (Å²) in [5, 5.41) is 0. The number of unbranched alkanes of at least 4 members (excludes halogenated alkanes) is 26. The van der Waals surface area contributed by atoms with Crippen molar-refractivity contribution in [2.24, 2.45) is 17.8 Å². The lowest BCUT2D eigenvalue weighted by molar-refractivity contribution is -0.150. The fraction of sp³-hybridized carbons (Fsp3) is 0.951. The van der Waals surface area contributed by atoms with E-state index in [0.29, 0.717) is 33.0 Å². The van der Waals surface area contributed by atoms with Gasteiger partial charge in [0.25, 0.3) is 0 Å². The molecule has 0 aliphatic carbocycles. The Morgan fingerprint density at radius 2 is 0.629 bits per heavy atom. The lowest BCUT2D eigenvalue weighted by atomic mass is 9.94. The molecule has 0 fully saturated rings. The largest absolute Gasteiger partial charge is 0.508 e. The minimum absolute atomic E-state index is 0.0302. The first-order chi connectivity index (χ1) is 34.3. The number of esters is 2. The average molecular weight is 994 g/mol. The van der Waals surface area contributed by atoms with E-state index in [1.54, 1.807) is 0 Å². The maximum Gasteiger partial charge on any atom is 0.508 e. The molecule has 0 saturated carbocycles. The Bertz CT molecular complexity index is 1030. The molecule has 0 saturated heterocycles. The number of likely N-dealkylation sites (N-methyl/N-ethyl adjacent to an activating group) is 2. The summed E-state index contributed by atoms with van der Waals surface area (Å²) < 4.78 is 23.1. The molecular weight excluding hydrogens is 873 g/mol. The van der Waals surface area contributed by atoms with Crippen molar-refractivity contribution in [1.29, 1.82) is 0 Å². The monoisotopic (exact) mass is 993 g/mol. The minimum Gasteiger partial charge on any atom is -0.465 e. The van der Waals surface area contributed by atoms with Gasteiger partial charge in [-0.1, -0.05) is 241 Å². The smallest absolute Gasteiger partial charge is 0.465 e. The third kappa shape index (κ3) is 43.7. The molecule has 0 aromatic carbocycles. The van der Waals surface area contributed by atoms with E-state index in [1.807, 2.05) is 0 Å². The molecule has 0 atom stereocenters. The maximum absolute atomic E-state index is 13.2. The Kier molecular flexibility index (Phi) is 52.0. The van der Waals surface area contributed by atoms with Crippen molar-refractivity contribution in [2.75, 3.05) is 65.7 Å². The van der Waals surface area contributed by atoms with Crippen LogP contribution in [0.3, 0.4) is 0 Å². The van der Waals surface area contributed by atoms with Crippen molar-refractivity contribution >= 4 is 18.1 Å². The van der Waals surface area contributed by atoms with Gasteiger partial charge in [0.1, 0.15) is 6.61 Å². The highest BCUT2D eigenvalue weighted by Crippen LogP contribution is 2.24. The molecule has 70 heavy (non-hydrogen) atoms. The summed E-state index contributed by atoms with van der Waals surface area (Å²) >= 11 is 0. The van der Waals surface area contributed by atoms with Gasteiger partial charge in [0, 0.05) is 19.6 Å². The van der Waals surface area contributed by atoms with E-state index in [0.717, 1.165) is 148 Å². The second kappa shape index (κ2) is 53.4. The SMILES string of the molecule is CCCCCCCCC(CCCCCCCC)C(=O)OCCCCCCC(CCCCCCOC(=O)C(CCCCCCCC)CCCCCCCC)COC(=O)OCCN(CC)CCN(CC)CC. The fourth-order valence-electron chi connectivity index (χ4n) is 9.85. The predicted octanol–water partition coefficient (Wildman–Crippen LogP) is 17.6. The van der Waals surface area contributed by atoms with E-state index < -0.39 is 6.16 Å². The summed E-state index contributed by atoms with van der Waals surface area (Å²) in [6, 6.07) is 0. The summed E-state index contributed by atoms with van der Waals surface area (Å²) in [6.07, 6.45) is 43.4. The van der Waals surface area contributed by atoms with Gasteiger partial charge in [-0.25, -0.2) is 4.79 Å². The fourth-order valence-corrected chi connectivity index (χ4v) is 9.85. The van der Waals surface area contributed by atoms with Crippen molar-refractivity contribution in [3.63, 3.8) is 0 Å². The molecule has 0 amide bonds. The molecule has 0 N–H and O–H groups in total. The molecule has 0 radical (unpaired) electrons. The quantitative estimate of drug-likeness (QED) is 0.0335. The zero-order chi connectivity index (χ0) is 51.4. The molecular formula is C61H120N2O7. The lowest BCUT2D eigenvalue weighted by Crippen LogP contribution is -2.37. The molecule has 416 valence electrons. The van der Waals surface area contributed by atoms with Crippen LogP contribution in [0.15, 0.2) is 0 Å². The van der Waals surface area contributed by atoms with Gasteiger partial charge in [-0.15, -0.1) is 0 Å². The van der Waals surface area contributed by atoms with Crippen molar-refractivity contribution in [1.82, 2.24) is 9.80 Å². The molecule has 0 unspecified atom stereocenters. The third-order valence-electron chi connectivity index (χ3n) is 14.9. The van der Waals surface area contributed by atoms with Crippen LogP contribution < -0.4 is 0 Å². The first-order valence-electron chi connectivity index (χ1n) is 30.9. The van der Waals surface area contributed by atoms with Gasteiger partial charge in [0.2, 0.25) is 0 Å². The Balaban J connectivity index is 5.04. The molecule has 0 spiro atoms. The standard InChI is InChI=1S/C61H120N2O7/c1-8-15-19-23-27-37-45-57(46-38-28-24-20-16-9-2)59(64)67-52-41-33-31-35-43-56(55-70-61(66)69-54-51-63(14-7)50-49-62(12-5)13-6)44-36-32-34-42-53-68-60(65)58(47-39-29-25-21-17-10-3)48-40-30-26-22-18-11-4/h56-58H,8-55H2,1-7H3. The van der Waals surface area contributed by atoms with Crippen molar-refractivity contribution in [3.8, 4) is 0 Å². The van der Waals surface area contributed by atoms with Gasteiger partial charge in [0.05, 0.1) is 31.7 Å². The van der Waals surface area contributed by atoms with E-state index in [-0.39, 0.29) is 29.7 Å². The van der Waals surface area contributed by atoms with Crippen LogP contribution in [0.5, 0.6) is 0 Å². The maximum atomic E-state index is 13.2. The number of ether oxygens (including phenoxy) is 4. The molecule has 0 bridgehead atoms. The minimum atomic E-state index is -0.564. The zero-order valence-electron chi connectivity index (χ0n) is 47.9. The van der Waals surface area contributed by atoms with E-state index in [2.05, 4.69) is 58.3 Å². The van der Waals surface area contributed by atoms with Crippen LogP contribution in [0, 0.1) is 17.8 Å². The van der Waals surface area contributed by atoms with Gasteiger partial charge >= 0.3 is 18.1 Å². The summed E-state index contributed by atoms with van der Waals surface area (Å²) in [5.74, 6) is 0.438. The first-order valence-corrected chi connectivity index (χ1v) is 30.9. The van der Waals surface area contributed by atoms with Crippen LogP contribution in [0.4, 0.5) is 4.79 Å². The van der Waals surface area contributed by atoms with Gasteiger partial charge in [-0.05, 0) is 76.9 Å². The van der Waals surface area contributed by atoms with E-state index in [9.17, 15) is 14.4 Å². The van der Waals surface area contributed by atoms with Crippen LogP contribution in [-0.2, 0) is 28.5 Å². The molecule has 0 aromatic rings. The Hall–Kier alpha value is -1.87. The van der Waals surface area contributed by atoms with Gasteiger partial charge in [-0.3, -0.25) is 14.5 Å². The van der Waals surface area contributed by atoms with Crippen molar-refractivity contribution in [3.05, 3.63) is 0 Å². The van der Waals surface area contributed by atoms with E-state index in [4.69, 9.17) is 18.9 Å². The number of nitrogens with zero attached hydrogens (tertiary/aromatic N) is 2. The van der Waals surface area contributed by atoms with Gasteiger partial charge in [-0.2, -0.15) is 0 Å². The Morgan fingerprint density at radius 3 is 0.986 bits per heavy atom. The molecule has 0 rings (SSSR count). The molecule has 9 heteroatoms. The average Bonchev–Trinajstić information content (AvgIpc) is 3.36. The number of rotatable bonds is 55.